The van der Waals surface area contributed by atoms with E-state index in [2.05, 4.69) is 45.8 Å². The molecular weight excluding hydrogens is 538 g/mol. The Labute approximate surface area is 243 Å². The van der Waals surface area contributed by atoms with E-state index < -0.39 is 15.9 Å². The molecule has 0 radical (unpaired) electrons. The maximum atomic E-state index is 12.8. The average molecular weight is 580 g/mol. The van der Waals surface area contributed by atoms with E-state index in [0.29, 0.717) is 12.1 Å². The molecule has 2 atom stereocenters. The van der Waals surface area contributed by atoms with Gasteiger partial charge in [0.05, 0.1) is 19.5 Å². The number of carbonyl (C=O) groups excluding carboxylic acids is 1. The number of sulfonamides is 1. The van der Waals surface area contributed by atoms with E-state index in [1.165, 1.54) is 0 Å². The zero-order chi connectivity index (χ0) is 29.0. The van der Waals surface area contributed by atoms with Gasteiger partial charge in [-0.3, -0.25) is 9.69 Å². The first-order valence-corrected chi connectivity index (χ1v) is 16.4. The maximum absolute atomic E-state index is 12.8. The number of nitrogens with zero attached hydrogens (tertiary/aromatic N) is 1. The molecule has 2 aliphatic rings. The Morgan fingerprint density at radius 3 is 2.80 bits per heavy atom. The lowest BCUT2D eigenvalue weighted by Gasteiger charge is -2.40. The van der Waals surface area contributed by atoms with Gasteiger partial charge in [-0.05, 0) is 80.0 Å². The van der Waals surface area contributed by atoms with Gasteiger partial charge in [0.25, 0.3) is 5.91 Å². The highest BCUT2D eigenvalue weighted by Crippen LogP contribution is 2.39. The van der Waals surface area contributed by atoms with Crippen LogP contribution < -0.4 is 9.46 Å². The number of amides is 1. The molecule has 2 N–H and O–H groups in total. The second-order valence-electron chi connectivity index (χ2n) is 11.3. The zero-order valence-electron chi connectivity index (χ0n) is 24.2. The van der Waals surface area contributed by atoms with Crippen molar-refractivity contribution in [2.75, 3.05) is 26.5 Å². The number of rotatable bonds is 5. The molecule has 8 nitrogen and oxygen atoms in total. The minimum atomic E-state index is -3.67. The van der Waals surface area contributed by atoms with E-state index in [1.807, 2.05) is 18.3 Å². The first kappa shape index (κ1) is 29.4. The van der Waals surface area contributed by atoms with Crippen molar-refractivity contribution in [3.63, 3.8) is 0 Å². The summed E-state index contributed by atoms with van der Waals surface area (Å²) in [7, 11) is -1.95. The van der Waals surface area contributed by atoms with Gasteiger partial charge in [0.1, 0.15) is 5.75 Å². The van der Waals surface area contributed by atoms with E-state index >= 15 is 0 Å². The number of aromatic amines is 1. The van der Waals surface area contributed by atoms with Crippen molar-refractivity contribution in [2.24, 2.45) is 0 Å². The van der Waals surface area contributed by atoms with E-state index in [-0.39, 0.29) is 12.1 Å². The van der Waals surface area contributed by atoms with Gasteiger partial charge in [0, 0.05) is 54.0 Å². The number of nitrogens with one attached hydrogen (secondary N) is 2. The summed E-state index contributed by atoms with van der Waals surface area (Å²) in [5.41, 5.74) is 5.78. The number of aromatic nitrogens is 1. The van der Waals surface area contributed by atoms with Crippen LogP contribution in [0.25, 0.3) is 17.0 Å². The van der Waals surface area contributed by atoms with Gasteiger partial charge in [-0.25, -0.2) is 13.1 Å². The topological polar surface area (TPSA) is 101 Å². The fourth-order valence-corrected chi connectivity index (χ4v) is 6.65. The van der Waals surface area contributed by atoms with Crippen LogP contribution in [-0.2, 0) is 21.3 Å². The van der Waals surface area contributed by atoms with Crippen LogP contribution in [0.2, 0.25) is 0 Å². The fraction of sp³-hybridized carbons (Fsp3) is 0.469. The Kier molecular flexibility index (Phi) is 9.16. The van der Waals surface area contributed by atoms with Gasteiger partial charge in [-0.1, -0.05) is 31.1 Å². The molecular formula is C32H41N3O5S. The van der Waals surface area contributed by atoms with Crippen molar-refractivity contribution in [1.29, 1.82) is 0 Å². The Morgan fingerprint density at radius 1 is 1.17 bits per heavy atom. The molecule has 1 saturated heterocycles. The van der Waals surface area contributed by atoms with Crippen LogP contribution in [0, 0.1) is 6.92 Å². The molecule has 2 aliphatic heterocycles. The highest BCUT2D eigenvalue weighted by molar-refractivity contribution is 7.89. The molecule has 2 aromatic carbocycles. The van der Waals surface area contributed by atoms with Crippen molar-refractivity contribution in [1.82, 2.24) is 14.6 Å². The summed E-state index contributed by atoms with van der Waals surface area (Å²) < 4.78 is 37.9. The summed E-state index contributed by atoms with van der Waals surface area (Å²) in [4.78, 5) is 18.6. The Bertz CT molecular complexity index is 1530. The monoisotopic (exact) mass is 579 g/mol. The number of likely N-dealkylation sites (tertiary alicyclic amines) is 1. The van der Waals surface area contributed by atoms with E-state index in [4.69, 9.17) is 9.47 Å². The quantitative estimate of drug-likeness (QED) is 0.392. The summed E-state index contributed by atoms with van der Waals surface area (Å²) in [6, 6.07) is 9.80. The number of aryl methyl sites for hydroxylation is 1. The molecule has 0 saturated carbocycles. The van der Waals surface area contributed by atoms with Crippen LogP contribution in [0.1, 0.15) is 83.6 Å². The number of ether oxygens (including phenoxy) is 2. The molecule has 0 aliphatic carbocycles. The summed E-state index contributed by atoms with van der Waals surface area (Å²) in [6.07, 6.45) is 14.6. The predicted octanol–water partition coefficient (Wildman–Crippen LogP) is 5.87. The molecule has 1 amide bonds. The summed E-state index contributed by atoms with van der Waals surface area (Å²) in [5, 5.41) is 1.16. The minimum absolute atomic E-state index is 0.0448. The van der Waals surface area contributed by atoms with Crippen LogP contribution in [0.15, 0.2) is 42.6 Å². The van der Waals surface area contributed by atoms with Crippen LogP contribution in [0.4, 0.5) is 0 Å². The number of piperidine rings is 1. The number of benzene rings is 2. The van der Waals surface area contributed by atoms with Crippen molar-refractivity contribution in [2.45, 2.75) is 70.6 Å². The van der Waals surface area contributed by atoms with E-state index in [0.717, 1.165) is 103 Å². The van der Waals surface area contributed by atoms with Gasteiger partial charge in [-0.15, -0.1) is 0 Å². The molecule has 2 bridgehead atoms. The van der Waals surface area contributed by atoms with Gasteiger partial charge in [0.2, 0.25) is 10.0 Å². The normalized spacial score (nSPS) is 21.5. The standard InChI is InChI=1S/C32H41N3O5S/c1-22-18-30(39-2)28(27-13-15-33-31(22)27)21-35-16-14-25-20-29(35)26-12-11-24(32(36)34-41(3,37)38)19-23(26)10-8-6-4-5-7-9-17-40-25/h8,10-13,15,18-19,25,29,33H,4-7,9,14,16-17,20-21H2,1-3H3,(H,34,36)/b10-8+/t25-,29-/m0/s1. The number of hydrogen-bond donors (Lipinski definition) is 2. The second-order valence-corrected chi connectivity index (χ2v) is 13.0. The third-order valence-electron chi connectivity index (χ3n) is 8.26. The van der Waals surface area contributed by atoms with Crippen LogP contribution in [0.3, 0.4) is 0 Å². The Morgan fingerprint density at radius 2 is 2.00 bits per heavy atom. The highest BCUT2D eigenvalue weighted by atomic mass is 32.2. The summed E-state index contributed by atoms with van der Waals surface area (Å²) >= 11 is 0. The SMILES string of the molecule is COc1cc(C)c2[nH]ccc2c1CN1CC[C@H]2C[C@H]1c1ccc(C(=O)NS(C)(=O)=O)cc1/C=C/CCCCCCO2. The molecule has 0 spiro atoms. The predicted molar refractivity (Wildman–Crippen MR) is 163 cm³/mol. The third kappa shape index (κ3) is 7.02. The number of fused-ring (bicyclic) bond motifs is 5. The number of allylic oxidation sites excluding steroid dienone is 1. The van der Waals surface area contributed by atoms with Gasteiger partial charge < -0.3 is 14.5 Å². The van der Waals surface area contributed by atoms with Crippen molar-refractivity contribution in [3.8, 4) is 5.75 Å². The molecule has 9 heteroatoms. The lowest BCUT2D eigenvalue weighted by Crippen LogP contribution is -2.40. The number of methoxy groups -OCH3 is 1. The van der Waals surface area contributed by atoms with Crippen LogP contribution >= 0.6 is 0 Å². The summed E-state index contributed by atoms with van der Waals surface area (Å²) in [5.74, 6) is 0.255. The molecule has 3 aromatic rings. The number of carbonyl (C=O) groups is 1. The van der Waals surface area contributed by atoms with Gasteiger partial charge in [0.15, 0.2) is 0 Å². The Balaban J connectivity index is 1.56. The lowest BCUT2D eigenvalue weighted by molar-refractivity contribution is -0.0202. The van der Waals surface area contributed by atoms with E-state index in [1.54, 1.807) is 13.2 Å². The fourth-order valence-electron chi connectivity index (χ4n) is 6.20. The third-order valence-corrected chi connectivity index (χ3v) is 8.82. The number of H-pyrrole nitrogens is 1. The maximum Gasteiger partial charge on any atom is 0.264 e. The zero-order valence-corrected chi connectivity index (χ0v) is 25.1. The molecule has 3 heterocycles. The van der Waals surface area contributed by atoms with Crippen molar-refractivity contribution in [3.05, 3.63) is 70.4 Å². The van der Waals surface area contributed by atoms with E-state index in [9.17, 15) is 13.2 Å². The summed E-state index contributed by atoms with van der Waals surface area (Å²) in [6.45, 7) is 4.43. The smallest absolute Gasteiger partial charge is 0.264 e. The van der Waals surface area contributed by atoms with Crippen molar-refractivity contribution < 1.29 is 22.7 Å². The van der Waals surface area contributed by atoms with Crippen LogP contribution in [0.5, 0.6) is 5.75 Å². The molecule has 5 rings (SSSR count). The molecule has 41 heavy (non-hydrogen) atoms. The molecule has 1 fully saturated rings. The second kappa shape index (κ2) is 12.8. The average Bonchev–Trinajstić information content (AvgIpc) is 3.43. The largest absolute Gasteiger partial charge is 0.496 e. The first-order chi connectivity index (χ1) is 19.7. The molecule has 220 valence electrons. The minimum Gasteiger partial charge on any atom is -0.496 e. The Hall–Kier alpha value is -3.14. The molecule has 0 unspecified atom stereocenters. The first-order valence-electron chi connectivity index (χ1n) is 14.6. The highest BCUT2D eigenvalue weighted by Gasteiger charge is 2.33. The van der Waals surface area contributed by atoms with Gasteiger partial charge >= 0.3 is 0 Å². The molecule has 1 aromatic heterocycles. The van der Waals surface area contributed by atoms with Crippen LogP contribution in [-0.4, -0.2) is 56.8 Å². The number of hydrogen-bond acceptors (Lipinski definition) is 6. The lowest BCUT2D eigenvalue weighted by atomic mass is 9.88. The van der Waals surface area contributed by atoms with Gasteiger partial charge in [-0.2, -0.15) is 0 Å². The van der Waals surface area contributed by atoms with Crippen molar-refractivity contribution >= 4 is 32.9 Å².